The van der Waals surface area contributed by atoms with Gasteiger partial charge in [-0.05, 0) is 30.9 Å². The Balaban J connectivity index is 1.78. The van der Waals surface area contributed by atoms with Crippen LogP contribution in [0.25, 0.3) is 11.0 Å². The molecule has 1 fully saturated rings. The van der Waals surface area contributed by atoms with Gasteiger partial charge in [0.1, 0.15) is 5.58 Å². The molecule has 1 atom stereocenters. The number of furan rings is 1. The molecule has 3 rings (SSSR count). The van der Waals surface area contributed by atoms with Crippen molar-refractivity contribution >= 4 is 16.9 Å². The third-order valence-corrected chi connectivity index (χ3v) is 4.08. The van der Waals surface area contributed by atoms with E-state index in [0.29, 0.717) is 13.0 Å². The first kappa shape index (κ1) is 13.2. The number of nitrogens with two attached hydrogens (primary N) is 1. The van der Waals surface area contributed by atoms with Gasteiger partial charge in [0.15, 0.2) is 0 Å². The van der Waals surface area contributed by atoms with Crippen LogP contribution in [0, 0.1) is 5.92 Å². The summed E-state index contributed by atoms with van der Waals surface area (Å²) in [6.07, 6.45) is 4.63. The summed E-state index contributed by atoms with van der Waals surface area (Å²) in [4.78, 5) is 14.4. The van der Waals surface area contributed by atoms with Crippen molar-refractivity contribution in [3.8, 4) is 0 Å². The lowest BCUT2D eigenvalue weighted by atomic mass is 9.97. The predicted octanol–water partition coefficient (Wildman–Crippen LogP) is 2.17. The van der Waals surface area contributed by atoms with Gasteiger partial charge in [0.25, 0.3) is 0 Å². The summed E-state index contributed by atoms with van der Waals surface area (Å²) in [5, 5.41) is 1.08. The van der Waals surface area contributed by atoms with E-state index in [2.05, 4.69) is 0 Å². The summed E-state index contributed by atoms with van der Waals surface area (Å²) < 4.78 is 5.53. The van der Waals surface area contributed by atoms with Gasteiger partial charge in [0.05, 0.1) is 12.2 Å². The monoisotopic (exact) mass is 272 g/mol. The van der Waals surface area contributed by atoms with Crippen molar-refractivity contribution < 1.29 is 9.21 Å². The lowest BCUT2D eigenvalue weighted by molar-refractivity contribution is -0.134. The molecule has 2 aromatic rings. The van der Waals surface area contributed by atoms with E-state index in [0.717, 1.165) is 42.5 Å². The SMILES string of the molecule is NCC(Cc1coc2ccccc12)C(=O)N1CCCC1. The van der Waals surface area contributed by atoms with E-state index in [4.69, 9.17) is 10.2 Å². The van der Waals surface area contributed by atoms with Crippen molar-refractivity contribution in [1.82, 2.24) is 4.90 Å². The molecular formula is C16H20N2O2. The molecule has 1 aromatic heterocycles. The minimum Gasteiger partial charge on any atom is -0.464 e. The van der Waals surface area contributed by atoms with Gasteiger partial charge in [0.2, 0.25) is 5.91 Å². The van der Waals surface area contributed by atoms with Crippen LogP contribution in [0.2, 0.25) is 0 Å². The maximum atomic E-state index is 12.5. The van der Waals surface area contributed by atoms with E-state index < -0.39 is 0 Å². The van der Waals surface area contributed by atoms with E-state index in [1.807, 2.05) is 29.2 Å². The van der Waals surface area contributed by atoms with Gasteiger partial charge >= 0.3 is 0 Å². The number of likely N-dealkylation sites (tertiary alicyclic amines) is 1. The molecule has 4 nitrogen and oxygen atoms in total. The maximum absolute atomic E-state index is 12.5. The Bertz CT molecular complexity index is 599. The van der Waals surface area contributed by atoms with E-state index in [-0.39, 0.29) is 11.8 Å². The van der Waals surface area contributed by atoms with Crippen molar-refractivity contribution in [1.29, 1.82) is 0 Å². The van der Waals surface area contributed by atoms with Gasteiger partial charge in [-0.1, -0.05) is 18.2 Å². The molecule has 1 amide bonds. The molecule has 1 unspecified atom stereocenters. The topological polar surface area (TPSA) is 59.5 Å². The fourth-order valence-corrected chi connectivity index (χ4v) is 2.92. The second-order valence-corrected chi connectivity index (χ2v) is 5.43. The van der Waals surface area contributed by atoms with E-state index >= 15 is 0 Å². The van der Waals surface area contributed by atoms with Crippen LogP contribution in [0.1, 0.15) is 18.4 Å². The average Bonchev–Trinajstić information content (AvgIpc) is 3.14. The highest BCUT2D eigenvalue weighted by Crippen LogP contribution is 2.24. The molecule has 1 saturated heterocycles. The summed E-state index contributed by atoms with van der Waals surface area (Å²) in [6, 6.07) is 7.91. The molecule has 0 bridgehead atoms. The van der Waals surface area contributed by atoms with Crippen LogP contribution in [-0.2, 0) is 11.2 Å². The van der Waals surface area contributed by atoms with Gasteiger partial charge in [-0.2, -0.15) is 0 Å². The van der Waals surface area contributed by atoms with Gasteiger partial charge < -0.3 is 15.1 Å². The lowest BCUT2D eigenvalue weighted by Gasteiger charge is -2.21. The van der Waals surface area contributed by atoms with Crippen molar-refractivity contribution in [2.24, 2.45) is 11.7 Å². The molecule has 20 heavy (non-hydrogen) atoms. The first-order chi connectivity index (χ1) is 9.79. The zero-order valence-electron chi connectivity index (χ0n) is 11.5. The molecular weight excluding hydrogens is 252 g/mol. The van der Waals surface area contributed by atoms with Crippen molar-refractivity contribution in [2.45, 2.75) is 19.3 Å². The molecule has 0 aliphatic carbocycles. The molecule has 4 heteroatoms. The summed E-state index contributed by atoms with van der Waals surface area (Å²) in [7, 11) is 0. The molecule has 106 valence electrons. The molecule has 1 aliphatic rings. The Kier molecular flexibility index (Phi) is 3.74. The highest BCUT2D eigenvalue weighted by Gasteiger charge is 2.26. The lowest BCUT2D eigenvalue weighted by Crippen LogP contribution is -2.38. The molecule has 0 saturated carbocycles. The van der Waals surface area contributed by atoms with Crippen LogP contribution in [0.15, 0.2) is 34.9 Å². The third-order valence-electron chi connectivity index (χ3n) is 4.08. The number of fused-ring (bicyclic) bond motifs is 1. The number of benzene rings is 1. The number of para-hydroxylation sites is 1. The third kappa shape index (κ3) is 2.43. The number of rotatable bonds is 4. The van der Waals surface area contributed by atoms with Crippen LogP contribution >= 0.6 is 0 Å². The maximum Gasteiger partial charge on any atom is 0.227 e. The van der Waals surface area contributed by atoms with E-state index in [1.165, 1.54) is 0 Å². The zero-order chi connectivity index (χ0) is 13.9. The normalized spacial score (nSPS) is 16.8. The molecule has 1 aliphatic heterocycles. The highest BCUT2D eigenvalue weighted by atomic mass is 16.3. The van der Waals surface area contributed by atoms with Crippen molar-refractivity contribution in [3.63, 3.8) is 0 Å². The van der Waals surface area contributed by atoms with Crippen LogP contribution < -0.4 is 5.73 Å². The second-order valence-electron chi connectivity index (χ2n) is 5.43. The smallest absolute Gasteiger partial charge is 0.227 e. The Morgan fingerprint density at radius 3 is 2.80 bits per heavy atom. The molecule has 2 heterocycles. The quantitative estimate of drug-likeness (QED) is 0.928. The van der Waals surface area contributed by atoms with Gasteiger partial charge in [-0.25, -0.2) is 0 Å². The Labute approximate surface area is 118 Å². The standard InChI is InChI=1S/C16H20N2O2/c17-10-12(16(19)18-7-3-4-8-18)9-13-11-20-15-6-2-1-5-14(13)15/h1-2,5-6,11-12H,3-4,7-10,17H2. The summed E-state index contributed by atoms with van der Waals surface area (Å²) in [5.74, 6) is 0.0457. The summed E-state index contributed by atoms with van der Waals surface area (Å²) in [5.41, 5.74) is 7.76. The van der Waals surface area contributed by atoms with Gasteiger partial charge in [-0.15, -0.1) is 0 Å². The van der Waals surface area contributed by atoms with Crippen LogP contribution in [0.3, 0.4) is 0 Å². The fraction of sp³-hybridized carbons (Fsp3) is 0.438. The highest BCUT2D eigenvalue weighted by molar-refractivity contribution is 5.83. The first-order valence-corrected chi connectivity index (χ1v) is 7.23. The fourth-order valence-electron chi connectivity index (χ4n) is 2.92. The predicted molar refractivity (Wildman–Crippen MR) is 78.3 cm³/mol. The summed E-state index contributed by atoms with van der Waals surface area (Å²) in [6.45, 7) is 2.14. The Morgan fingerprint density at radius 2 is 2.05 bits per heavy atom. The minimum atomic E-state index is -0.144. The number of hydrogen-bond acceptors (Lipinski definition) is 3. The van der Waals surface area contributed by atoms with Crippen LogP contribution in [0.4, 0.5) is 0 Å². The number of amides is 1. The number of carbonyl (C=O) groups excluding carboxylic acids is 1. The van der Waals surface area contributed by atoms with Crippen LogP contribution in [-0.4, -0.2) is 30.4 Å². The van der Waals surface area contributed by atoms with Crippen molar-refractivity contribution in [3.05, 3.63) is 36.1 Å². The van der Waals surface area contributed by atoms with E-state index in [9.17, 15) is 4.79 Å². The summed E-state index contributed by atoms with van der Waals surface area (Å²) >= 11 is 0. The largest absolute Gasteiger partial charge is 0.464 e. The van der Waals surface area contributed by atoms with E-state index in [1.54, 1.807) is 6.26 Å². The Morgan fingerprint density at radius 1 is 1.30 bits per heavy atom. The number of nitrogens with zero attached hydrogens (tertiary/aromatic N) is 1. The number of carbonyl (C=O) groups is 1. The van der Waals surface area contributed by atoms with Crippen LogP contribution in [0.5, 0.6) is 0 Å². The van der Waals surface area contributed by atoms with Gasteiger partial charge in [-0.3, -0.25) is 4.79 Å². The molecule has 2 N–H and O–H groups in total. The second kappa shape index (κ2) is 5.67. The first-order valence-electron chi connectivity index (χ1n) is 7.23. The molecule has 0 radical (unpaired) electrons. The molecule has 1 aromatic carbocycles. The van der Waals surface area contributed by atoms with Crippen molar-refractivity contribution in [2.75, 3.05) is 19.6 Å². The Hall–Kier alpha value is -1.81. The molecule has 0 spiro atoms. The average molecular weight is 272 g/mol. The number of hydrogen-bond donors (Lipinski definition) is 1. The minimum absolute atomic E-state index is 0.144. The van der Waals surface area contributed by atoms with Gasteiger partial charge in [0, 0.05) is 25.0 Å². The zero-order valence-corrected chi connectivity index (χ0v) is 11.5.